The minimum atomic E-state index is -0.861. The van der Waals surface area contributed by atoms with Gasteiger partial charge in [-0.1, -0.05) is 56.9 Å². The third-order valence-electron chi connectivity index (χ3n) is 7.16. The number of carbonyl (C=O) groups excluding carboxylic acids is 2. The number of carbonyl (C=O) groups is 2. The summed E-state index contributed by atoms with van der Waals surface area (Å²) in [6.07, 6.45) is 12.6. The number of ketones is 1. The zero-order chi connectivity index (χ0) is 27.8. The Kier molecular flexibility index (Phi) is 14.6. The molecule has 0 aromatic heterocycles. The van der Waals surface area contributed by atoms with Gasteiger partial charge in [-0.3, -0.25) is 9.59 Å². The maximum Gasteiger partial charge on any atom is 0.311 e. The molecule has 0 unspecified atom stereocenters. The fourth-order valence-electron chi connectivity index (χ4n) is 4.98. The summed E-state index contributed by atoms with van der Waals surface area (Å²) in [4.78, 5) is 38.9. The van der Waals surface area contributed by atoms with Crippen LogP contribution in [-0.2, 0) is 21.0 Å². The van der Waals surface area contributed by atoms with Crippen molar-refractivity contribution in [2.45, 2.75) is 109 Å². The van der Waals surface area contributed by atoms with Crippen molar-refractivity contribution in [3.05, 3.63) is 52.1 Å². The van der Waals surface area contributed by atoms with Crippen molar-refractivity contribution >= 4 is 11.8 Å². The Balaban J connectivity index is 1.65. The fraction of sp³-hybridized carbons (Fsp3) is 0.655. The second-order valence-electron chi connectivity index (χ2n) is 10.2. The molecule has 0 spiro atoms. The average molecular weight is 534 g/mol. The lowest BCUT2D eigenvalue weighted by atomic mass is 9.86. The summed E-state index contributed by atoms with van der Waals surface area (Å²) < 4.78 is 5.28. The van der Waals surface area contributed by atoms with Crippen LogP contribution >= 0.6 is 0 Å². The number of rotatable bonds is 19. The fourth-order valence-corrected chi connectivity index (χ4v) is 4.98. The first-order valence-electron chi connectivity index (χ1n) is 13.9. The van der Waals surface area contributed by atoms with E-state index in [9.17, 15) is 29.9 Å². The maximum atomic E-state index is 12.3. The van der Waals surface area contributed by atoms with Crippen molar-refractivity contribution in [1.82, 2.24) is 0 Å². The van der Waals surface area contributed by atoms with E-state index < -0.39 is 17.3 Å². The van der Waals surface area contributed by atoms with Crippen LogP contribution in [0.1, 0.15) is 96.0 Å². The third kappa shape index (κ3) is 12.2. The van der Waals surface area contributed by atoms with Gasteiger partial charge in [0.25, 0.3) is 5.09 Å². The highest BCUT2D eigenvalue weighted by molar-refractivity contribution is 5.78. The molecule has 4 atom stereocenters. The van der Waals surface area contributed by atoms with Gasteiger partial charge >= 0.3 is 5.97 Å². The van der Waals surface area contributed by atoms with Crippen molar-refractivity contribution < 1.29 is 34.5 Å². The van der Waals surface area contributed by atoms with Gasteiger partial charge in [0.2, 0.25) is 0 Å². The number of benzene rings is 1. The highest BCUT2D eigenvalue weighted by atomic mass is 16.9. The minimum absolute atomic E-state index is 0.0673. The zero-order valence-corrected chi connectivity index (χ0v) is 22.5. The molecular formula is C29H43NO8. The number of hydrogen-bond donors (Lipinski definition) is 2. The summed E-state index contributed by atoms with van der Waals surface area (Å²) in [5.74, 6) is 0.104. The van der Waals surface area contributed by atoms with Crippen LogP contribution in [0.2, 0.25) is 0 Å². The molecule has 0 radical (unpaired) electrons. The molecule has 9 nitrogen and oxygen atoms in total. The highest BCUT2D eigenvalue weighted by Gasteiger charge is 2.40. The summed E-state index contributed by atoms with van der Waals surface area (Å²) in [5, 5.41) is 30.2. The van der Waals surface area contributed by atoms with E-state index in [1.54, 1.807) is 24.3 Å². The second-order valence-corrected chi connectivity index (χ2v) is 10.2. The first-order valence-corrected chi connectivity index (χ1v) is 13.9. The number of hydrogen-bond acceptors (Lipinski definition) is 8. The molecular weight excluding hydrogens is 490 g/mol. The molecule has 1 aromatic rings. The Labute approximate surface area is 225 Å². The molecule has 1 aliphatic rings. The Bertz CT molecular complexity index is 885. The molecule has 2 N–H and O–H groups in total. The molecule has 9 heteroatoms. The molecule has 212 valence electrons. The second kappa shape index (κ2) is 17.7. The van der Waals surface area contributed by atoms with Gasteiger partial charge in [0.15, 0.2) is 0 Å². The van der Waals surface area contributed by atoms with Crippen LogP contribution in [0.4, 0.5) is 0 Å². The molecule has 0 bridgehead atoms. The first kappa shape index (κ1) is 31.4. The Morgan fingerprint density at radius 1 is 0.974 bits per heavy atom. The molecule has 38 heavy (non-hydrogen) atoms. The molecule has 1 aromatic carbocycles. The topological polar surface area (TPSA) is 136 Å². The van der Waals surface area contributed by atoms with E-state index in [0.29, 0.717) is 56.3 Å². The van der Waals surface area contributed by atoms with E-state index in [0.717, 1.165) is 12.8 Å². The molecule has 1 saturated carbocycles. The first-order chi connectivity index (χ1) is 18.3. The van der Waals surface area contributed by atoms with Crippen LogP contribution in [-0.4, -0.2) is 39.3 Å². The smallest absolute Gasteiger partial charge is 0.311 e. The van der Waals surface area contributed by atoms with Crippen molar-refractivity contribution in [3.8, 4) is 5.75 Å². The largest absolute Gasteiger partial charge is 0.427 e. The number of ether oxygens (including phenoxy) is 1. The van der Waals surface area contributed by atoms with Crippen LogP contribution in [0.15, 0.2) is 36.4 Å². The zero-order valence-electron chi connectivity index (χ0n) is 22.5. The number of aliphatic hydroxyl groups is 2. The number of nitrogens with zero attached hydrogens (tertiary/aromatic N) is 1. The van der Waals surface area contributed by atoms with Crippen molar-refractivity contribution in [2.24, 2.45) is 11.8 Å². The number of allylic oxidation sites excluding steroid dienone is 2. The Morgan fingerprint density at radius 3 is 2.39 bits per heavy atom. The monoisotopic (exact) mass is 533 g/mol. The van der Waals surface area contributed by atoms with E-state index in [1.165, 1.54) is 19.3 Å². The minimum Gasteiger partial charge on any atom is -0.427 e. The lowest BCUT2D eigenvalue weighted by Gasteiger charge is -2.22. The van der Waals surface area contributed by atoms with Crippen molar-refractivity contribution in [3.63, 3.8) is 0 Å². The van der Waals surface area contributed by atoms with E-state index >= 15 is 0 Å². The van der Waals surface area contributed by atoms with Gasteiger partial charge in [-0.25, -0.2) is 0 Å². The molecule has 1 aliphatic carbocycles. The molecule has 0 saturated heterocycles. The van der Waals surface area contributed by atoms with Crippen LogP contribution in [0.25, 0.3) is 0 Å². The van der Waals surface area contributed by atoms with Crippen LogP contribution < -0.4 is 4.74 Å². The average Bonchev–Trinajstić information content (AvgIpc) is 3.15. The molecule has 0 aliphatic heterocycles. The normalized spacial score (nSPS) is 21.0. The molecule has 1 fully saturated rings. The summed E-state index contributed by atoms with van der Waals surface area (Å²) in [7, 11) is 0. The Hall–Kier alpha value is -2.78. The Morgan fingerprint density at radius 2 is 1.68 bits per heavy atom. The van der Waals surface area contributed by atoms with E-state index in [1.807, 2.05) is 12.2 Å². The lowest BCUT2D eigenvalue weighted by molar-refractivity contribution is -0.763. The number of Topliss-reactive ketones (excluding diaryl/α,β-unsaturated/α-hetero) is 1. The molecule has 0 heterocycles. The van der Waals surface area contributed by atoms with E-state index in [2.05, 4.69) is 11.8 Å². The van der Waals surface area contributed by atoms with E-state index in [-0.39, 0.29) is 36.6 Å². The highest BCUT2D eigenvalue weighted by Crippen LogP contribution is 2.38. The summed E-state index contributed by atoms with van der Waals surface area (Å²) >= 11 is 0. The van der Waals surface area contributed by atoms with Crippen LogP contribution in [0.3, 0.4) is 0 Å². The summed E-state index contributed by atoms with van der Waals surface area (Å²) in [5.41, 5.74) is 0.596. The van der Waals surface area contributed by atoms with Gasteiger partial charge in [-0.05, 0) is 68.1 Å². The molecule has 2 rings (SSSR count). The summed E-state index contributed by atoms with van der Waals surface area (Å²) in [6.45, 7) is 2.00. The number of esters is 1. The number of aliphatic hydroxyl groups excluding tert-OH is 2. The lowest BCUT2D eigenvalue weighted by Crippen LogP contribution is -2.22. The van der Waals surface area contributed by atoms with Crippen molar-refractivity contribution in [1.29, 1.82) is 0 Å². The third-order valence-corrected chi connectivity index (χ3v) is 7.16. The van der Waals surface area contributed by atoms with Gasteiger partial charge in [0.05, 0.1) is 12.2 Å². The van der Waals surface area contributed by atoms with Gasteiger partial charge in [0.1, 0.15) is 18.1 Å². The van der Waals surface area contributed by atoms with Gasteiger partial charge < -0.3 is 19.8 Å². The van der Waals surface area contributed by atoms with Crippen LogP contribution in [0, 0.1) is 22.0 Å². The standard InChI is InChI=1S/C29H43NO8/c1-2-3-4-5-8-11-23(31)16-19-26-25(27(32)20-28(26)33)12-9-6-7-10-13-29(34)38-24-17-14-22(15-18-24)21-37-30(35)36/h6,9,14-15,17-18,25-28,32-33H,2-5,7-8,10-13,16,19-21H2,1H3/t25-,26-,27+,28-/m1/s1. The predicted octanol–water partition coefficient (Wildman–Crippen LogP) is 5.48. The van der Waals surface area contributed by atoms with Gasteiger partial charge in [-0.15, -0.1) is 10.1 Å². The van der Waals surface area contributed by atoms with E-state index in [4.69, 9.17) is 4.74 Å². The summed E-state index contributed by atoms with van der Waals surface area (Å²) in [6, 6.07) is 6.33. The van der Waals surface area contributed by atoms with Gasteiger partial charge in [0, 0.05) is 19.3 Å². The predicted molar refractivity (Wildman–Crippen MR) is 143 cm³/mol. The SMILES string of the molecule is CCCCCCCC(=O)CC[C@@H]1[C@@H](CC=CCCCC(=O)Oc2ccc(CO[N+](=O)[O-])cc2)[C@@H](O)C[C@H]1O. The molecule has 0 amide bonds. The maximum absolute atomic E-state index is 12.3. The van der Waals surface area contributed by atoms with Crippen molar-refractivity contribution in [2.75, 3.05) is 0 Å². The van der Waals surface area contributed by atoms with Crippen LogP contribution in [0.5, 0.6) is 5.75 Å². The number of unbranched alkanes of at least 4 members (excludes halogenated alkanes) is 5. The quantitative estimate of drug-likeness (QED) is 0.0595. The van der Waals surface area contributed by atoms with Gasteiger partial charge in [-0.2, -0.15) is 0 Å².